The Labute approximate surface area is 123 Å². The van der Waals surface area contributed by atoms with Crippen LogP contribution in [0.25, 0.3) is 10.8 Å². The van der Waals surface area contributed by atoms with E-state index in [2.05, 4.69) is 17.4 Å². The maximum absolute atomic E-state index is 12.5. The second kappa shape index (κ2) is 5.94. The van der Waals surface area contributed by atoms with E-state index in [1.165, 1.54) is 5.56 Å². The minimum atomic E-state index is 0.0595. The predicted octanol–water partition coefficient (Wildman–Crippen LogP) is 2.96. The molecule has 0 fully saturated rings. The van der Waals surface area contributed by atoms with Gasteiger partial charge in [-0.1, -0.05) is 48.5 Å². The third-order valence-corrected chi connectivity index (χ3v) is 3.82. The number of aromatic nitrogens is 1. The Morgan fingerprint density at radius 1 is 1.00 bits per heavy atom. The van der Waals surface area contributed by atoms with E-state index < -0.39 is 0 Å². The van der Waals surface area contributed by atoms with E-state index in [0.717, 1.165) is 10.8 Å². The number of likely N-dealkylation sites (N-methyl/N-ethyl adjacent to an activating group) is 1. The molecule has 3 heteroatoms. The molecule has 1 heterocycles. The van der Waals surface area contributed by atoms with Crippen LogP contribution in [0.2, 0.25) is 0 Å². The van der Waals surface area contributed by atoms with E-state index in [4.69, 9.17) is 0 Å². The van der Waals surface area contributed by atoms with Crippen molar-refractivity contribution in [1.29, 1.82) is 0 Å². The Balaban J connectivity index is 1.97. The Hall–Kier alpha value is -2.39. The largest absolute Gasteiger partial charge is 0.313 e. The van der Waals surface area contributed by atoms with E-state index in [1.807, 2.05) is 61.8 Å². The number of benzene rings is 2. The zero-order valence-electron chi connectivity index (χ0n) is 12.0. The molecule has 106 valence electrons. The van der Waals surface area contributed by atoms with E-state index >= 15 is 0 Å². The van der Waals surface area contributed by atoms with Gasteiger partial charge in [0.1, 0.15) is 0 Å². The van der Waals surface area contributed by atoms with Gasteiger partial charge in [0, 0.05) is 18.1 Å². The zero-order valence-corrected chi connectivity index (χ0v) is 12.0. The van der Waals surface area contributed by atoms with Gasteiger partial charge in [-0.15, -0.1) is 0 Å². The van der Waals surface area contributed by atoms with Crippen LogP contribution in [-0.2, 0) is 6.54 Å². The van der Waals surface area contributed by atoms with Crippen molar-refractivity contribution in [1.82, 2.24) is 9.88 Å². The molecule has 0 radical (unpaired) electrons. The SMILES string of the molecule is CNC(Cn1ccc2ccccc2c1=O)c1ccccc1. The van der Waals surface area contributed by atoms with E-state index in [-0.39, 0.29) is 11.6 Å². The Morgan fingerprint density at radius 3 is 2.48 bits per heavy atom. The minimum absolute atomic E-state index is 0.0595. The highest BCUT2D eigenvalue weighted by Gasteiger charge is 2.11. The lowest BCUT2D eigenvalue weighted by atomic mass is 10.1. The summed E-state index contributed by atoms with van der Waals surface area (Å²) in [6.07, 6.45) is 1.87. The van der Waals surface area contributed by atoms with Crippen LogP contribution in [0.15, 0.2) is 71.7 Å². The van der Waals surface area contributed by atoms with Crippen molar-refractivity contribution >= 4 is 10.8 Å². The van der Waals surface area contributed by atoms with Crippen molar-refractivity contribution in [2.45, 2.75) is 12.6 Å². The number of hydrogen-bond acceptors (Lipinski definition) is 2. The molecule has 0 spiro atoms. The number of nitrogens with zero attached hydrogens (tertiary/aromatic N) is 1. The first-order chi connectivity index (χ1) is 10.3. The fraction of sp³-hybridized carbons (Fsp3) is 0.167. The highest BCUT2D eigenvalue weighted by molar-refractivity contribution is 5.81. The molecule has 1 atom stereocenters. The first-order valence-electron chi connectivity index (χ1n) is 7.10. The van der Waals surface area contributed by atoms with Crippen LogP contribution in [0.4, 0.5) is 0 Å². The average molecular weight is 278 g/mol. The van der Waals surface area contributed by atoms with E-state index in [0.29, 0.717) is 6.54 Å². The van der Waals surface area contributed by atoms with Crippen molar-refractivity contribution < 1.29 is 0 Å². The summed E-state index contributed by atoms with van der Waals surface area (Å²) >= 11 is 0. The average Bonchev–Trinajstić information content (AvgIpc) is 2.55. The summed E-state index contributed by atoms with van der Waals surface area (Å²) in [5, 5.41) is 5.03. The number of fused-ring (bicyclic) bond motifs is 1. The molecule has 0 amide bonds. The smallest absolute Gasteiger partial charge is 0.258 e. The second-order valence-electron chi connectivity index (χ2n) is 5.11. The molecule has 0 bridgehead atoms. The van der Waals surface area contributed by atoms with Gasteiger partial charge in [0.15, 0.2) is 0 Å². The van der Waals surface area contributed by atoms with Crippen molar-refractivity contribution in [2.75, 3.05) is 7.05 Å². The van der Waals surface area contributed by atoms with Crippen molar-refractivity contribution in [3.05, 3.63) is 82.8 Å². The number of rotatable bonds is 4. The van der Waals surface area contributed by atoms with Crippen LogP contribution < -0.4 is 10.9 Å². The van der Waals surface area contributed by atoms with Gasteiger partial charge >= 0.3 is 0 Å². The summed E-state index contributed by atoms with van der Waals surface area (Å²) in [5.41, 5.74) is 1.24. The molecule has 0 aliphatic heterocycles. The third-order valence-electron chi connectivity index (χ3n) is 3.82. The number of nitrogens with one attached hydrogen (secondary N) is 1. The zero-order chi connectivity index (χ0) is 14.7. The Bertz CT molecular complexity index is 793. The first-order valence-corrected chi connectivity index (χ1v) is 7.10. The standard InChI is InChI=1S/C18H18N2O/c1-19-17(15-8-3-2-4-9-15)13-20-12-11-14-7-5-6-10-16(14)18(20)21/h2-12,17,19H,13H2,1H3. The van der Waals surface area contributed by atoms with Crippen molar-refractivity contribution in [3.63, 3.8) is 0 Å². The van der Waals surface area contributed by atoms with Crippen molar-refractivity contribution in [3.8, 4) is 0 Å². The fourth-order valence-corrected chi connectivity index (χ4v) is 2.62. The lowest BCUT2D eigenvalue weighted by Crippen LogP contribution is -2.28. The van der Waals surface area contributed by atoms with Gasteiger partial charge in [-0.05, 0) is 30.1 Å². The van der Waals surface area contributed by atoms with Crippen LogP contribution >= 0.6 is 0 Å². The van der Waals surface area contributed by atoms with E-state index in [9.17, 15) is 4.79 Å². The minimum Gasteiger partial charge on any atom is -0.313 e. The topological polar surface area (TPSA) is 34.0 Å². The highest BCUT2D eigenvalue weighted by Crippen LogP contribution is 2.15. The Morgan fingerprint density at radius 2 is 1.71 bits per heavy atom. The van der Waals surface area contributed by atoms with Gasteiger partial charge in [-0.3, -0.25) is 4.79 Å². The molecular weight excluding hydrogens is 260 g/mol. The number of hydrogen-bond donors (Lipinski definition) is 1. The summed E-state index contributed by atoms with van der Waals surface area (Å²) < 4.78 is 1.77. The molecule has 3 rings (SSSR count). The molecule has 3 aromatic rings. The molecular formula is C18H18N2O. The van der Waals surface area contributed by atoms with E-state index in [1.54, 1.807) is 4.57 Å². The summed E-state index contributed by atoms with van der Waals surface area (Å²) in [4.78, 5) is 12.5. The van der Waals surface area contributed by atoms with Gasteiger partial charge in [0.25, 0.3) is 5.56 Å². The molecule has 3 nitrogen and oxygen atoms in total. The quantitative estimate of drug-likeness (QED) is 0.796. The molecule has 1 aromatic heterocycles. The normalized spacial score (nSPS) is 12.4. The molecule has 2 aromatic carbocycles. The summed E-state index contributed by atoms with van der Waals surface area (Å²) in [6.45, 7) is 0.615. The van der Waals surface area contributed by atoms with Crippen LogP contribution in [0.1, 0.15) is 11.6 Å². The van der Waals surface area contributed by atoms with Crippen LogP contribution in [0.3, 0.4) is 0 Å². The molecule has 21 heavy (non-hydrogen) atoms. The van der Waals surface area contributed by atoms with Crippen LogP contribution in [0, 0.1) is 0 Å². The van der Waals surface area contributed by atoms with Gasteiger partial charge in [-0.2, -0.15) is 0 Å². The lowest BCUT2D eigenvalue weighted by Gasteiger charge is -2.18. The Kier molecular flexibility index (Phi) is 3.84. The summed E-state index contributed by atoms with van der Waals surface area (Å²) in [5.74, 6) is 0. The third kappa shape index (κ3) is 2.73. The maximum atomic E-state index is 12.5. The molecule has 1 unspecified atom stereocenters. The summed E-state index contributed by atoms with van der Waals surface area (Å²) in [7, 11) is 1.92. The van der Waals surface area contributed by atoms with Gasteiger partial charge in [0.05, 0.1) is 6.04 Å². The molecule has 0 aliphatic rings. The van der Waals surface area contributed by atoms with Crippen molar-refractivity contribution in [2.24, 2.45) is 0 Å². The lowest BCUT2D eigenvalue weighted by molar-refractivity contribution is 0.493. The molecule has 0 saturated carbocycles. The monoisotopic (exact) mass is 278 g/mol. The number of pyridine rings is 1. The predicted molar refractivity (Wildman–Crippen MR) is 86.5 cm³/mol. The van der Waals surface area contributed by atoms with Crippen LogP contribution in [0.5, 0.6) is 0 Å². The van der Waals surface area contributed by atoms with Crippen LogP contribution in [-0.4, -0.2) is 11.6 Å². The molecule has 1 N–H and O–H groups in total. The molecule has 0 saturated heterocycles. The first kappa shape index (κ1) is 13.6. The van der Waals surface area contributed by atoms with Gasteiger partial charge < -0.3 is 9.88 Å². The highest BCUT2D eigenvalue weighted by atomic mass is 16.1. The van der Waals surface area contributed by atoms with Gasteiger partial charge in [0.2, 0.25) is 0 Å². The molecule has 0 aliphatic carbocycles. The van der Waals surface area contributed by atoms with Gasteiger partial charge in [-0.25, -0.2) is 0 Å². The fourth-order valence-electron chi connectivity index (χ4n) is 2.62. The second-order valence-corrected chi connectivity index (χ2v) is 5.11. The maximum Gasteiger partial charge on any atom is 0.258 e. The summed E-state index contributed by atoms with van der Waals surface area (Å²) in [6, 6.07) is 20.0.